The SMILES string of the molecule is CCS(=O)(=O)CCCC(CNCCOC)CC(C)C. The molecule has 1 atom stereocenters. The molecule has 0 aliphatic rings. The second kappa shape index (κ2) is 10.6. The Labute approximate surface area is 119 Å². The van der Waals surface area contributed by atoms with E-state index >= 15 is 0 Å². The van der Waals surface area contributed by atoms with Crippen LogP contribution in [0.15, 0.2) is 0 Å². The number of hydrogen-bond acceptors (Lipinski definition) is 4. The van der Waals surface area contributed by atoms with E-state index in [-0.39, 0.29) is 5.75 Å². The Morgan fingerprint density at radius 1 is 1.26 bits per heavy atom. The van der Waals surface area contributed by atoms with Crippen LogP contribution in [0.4, 0.5) is 0 Å². The van der Waals surface area contributed by atoms with E-state index in [1.165, 1.54) is 0 Å². The van der Waals surface area contributed by atoms with Gasteiger partial charge in [0.15, 0.2) is 0 Å². The van der Waals surface area contributed by atoms with E-state index in [0.717, 1.165) is 39.0 Å². The first kappa shape index (κ1) is 18.9. The molecule has 0 saturated heterocycles. The predicted molar refractivity (Wildman–Crippen MR) is 81.3 cm³/mol. The van der Waals surface area contributed by atoms with Crippen LogP contribution >= 0.6 is 0 Å². The number of ether oxygens (including phenoxy) is 1. The van der Waals surface area contributed by atoms with Gasteiger partial charge >= 0.3 is 0 Å². The Morgan fingerprint density at radius 3 is 2.47 bits per heavy atom. The van der Waals surface area contributed by atoms with E-state index in [1.54, 1.807) is 14.0 Å². The van der Waals surface area contributed by atoms with Gasteiger partial charge in [0.05, 0.1) is 12.4 Å². The Bertz CT molecular complexity index is 302. The lowest BCUT2D eigenvalue weighted by atomic mass is 9.93. The van der Waals surface area contributed by atoms with Crippen molar-refractivity contribution in [2.24, 2.45) is 11.8 Å². The molecule has 0 rings (SSSR count). The number of rotatable bonds is 12. The quantitative estimate of drug-likeness (QED) is 0.560. The smallest absolute Gasteiger partial charge is 0.150 e. The summed E-state index contributed by atoms with van der Waals surface area (Å²) >= 11 is 0. The third kappa shape index (κ3) is 11.4. The lowest BCUT2D eigenvalue weighted by Gasteiger charge is -2.19. The lowest BCUT2D eigenvalue weighted by molar-refractivity contribution is 0.196. The van der Waals surface area contributed by atoms with E-state index in [0.29, 0.717) is 17.6 Å². The van der Waals surface area contributed by atoms with E-state index in [2.05, 4.69) is 19.2 Å². The zero-order valence-corrected chi connectivity index (χ0v) is 13.8. The van der Waals surface area contributed by atoms with Crippen molar-refractivity contribution in [3.8, 4) is 0 Å². The normalized spacial score (nSPS) is 13.9. The molecule has 116 valence electrons. The van der Waals surface area contributed by atoms with Crippen LogP contribution in [0.1, 0.15) is 40.0 Å². The van der Waals surface area contributed by atoms with Crippen LogP contribution in [0.25, 0.3) is 0 Å². The highest BCUT2D eigenvalue weighted by atomic mass is 32.2. The predicted octanol–water partition coefficient (Wildman–Crippen LogP) is 2.10. The van der Waals surface area contributed by atoms with Crippen LogP contribution in [-0.2, 0) is 14.6 Å². The van der Waals surface area contributed by atoms with E-state index in [4.69, 9.17) is 4.74 Å². The minimum Gasteiger partial charge on any atom is -0.383 e. The fourth-order valence-corrected chi connectivity index (χ4v) is 3.08. The number of sulfone groups is 1. The van der Waals surface area contributed by atoms with Crippen molar-refractivity contribution in [1.29, 1.82) is 0 Å². The average Bonchev–Trinajstić information content (AvgIpc) is 2.33. The summed E-state index contributed by atoms with van der Waals surface area (Å²) in [5, 5.41) is 3.38. The van der Waals surface area contributed by atoms with Crippen molar-refractivity contribution in [3.05, 3.63) is 0 Å². The molecule has 0 saturated carbocycles. The summed E-state index contributed by atoms with van der Waals surface area (Å²) in [6.45, 7) is 8.67. The van der Waals surface area contributed by atoms with Crippen LogP contribution in [0.3, 0.4) is 0 Å². The first-order valence-electron chi connectivity index (χ1n) is 7.31. The fraction of sp³-hybridized carbons (Fsp3) is 1.00. The zero-order valence-electron chi connectivity index (χ0n) is 12.9. The van der Waals surface area contributed by atoms with Crippen molar-refractivity contribution >= 4 is 9.84 Å². The maximum Gasteiger partial charge on any atom is 0.150 e. The van der Waals surface area contributed by atoms with Gasteiger partial charge in [-0.2, -0.15) is 0 Å². The summed E-state index contributed by atoms with van der Waals surface area (Å²) in [5.41, 5.74) is 0. The van der Waals surface area contributed by atoms with Gasteiger partial charge in [-0.05, 0) is 37.6 Å². The maximum absolute atomic E-state index is 11.5. The summed E-state index contributed by atoms with van der Waals surface area (Å²) in [6, 6.07) is 0. The van der Waals surface area contributed by atoms with Gasteiger partial charge in [-0.1, -0.05) is 20.8 Å². The van der Waals surface area contributed by atoms with Crippen LogP contribution in [0, 0.1) is 11.8 Å². The number of hydrogen-bond donors (Lipinski definition) is 1. The van der Waals surface area contributed by atoms with Crippen LogP contribution in [0.5, 0.6) is 0 Å². The minimum atomic E-state index is -2.81. The maximum atomic E-state index is 11.5. The summed E-state index contributed by atoms with van der Waals surface area (Å²) in [6.07, 6.45) is 2.91. The Kier molecular flexibility index (Phi) is 10.6. The summed E-state index contributed by atoms with van der Waals surface area (Å²) in [4.78, 5) is 0. The van der Waals surface area contributed by atoms with E-state index in [1.807, 2.05) is 0 Å². The van der Waals surface area contributed by atoms with Gasteiger partial charge in [0.1, 0.15) is 9.84 Å². The second-order valence-electron chi connectivity index (χ2n) is 5.57. The minimum absolute atomic E-state index is 0.258. The third-order valence-corrected chi connectivity index (χ3v) is 5.02. The van der Waals surface area contributed by atoms with Gasteiger partial charge in [-0.3, -0.25) is 0 Å². The topological polar surface area (TPSA) is 55.4 Å². The summed E-state index contributed by atoms with van der Waals surface area (Å²) in [7, 11) is -1.12. The molecule has 0 amide bonds. The molecule has 0 bridgehead atoms. The van der Waals surface area contributed by atoms with Crippen molar-refractivity contribution in [1.82, 2.24) is 5.32 Å². The number of nitrogens with one attached hydrogen (secondary N) is 1. The molecular weight excluding hydrogens is 262 g/mol. The first-order chi connectivity index (χ1) is 8.91. The molecule has 5 heteroatoms. The molecule has 0 aromatic heterocycles. The first-order valence-corrected chi connectivity index (χ1v) is 9.13. The van der Waals surface area contributed by atoms with Crippen molar-refractivity contribution in [2.45, 2.75) is 40.0 Å². The molecule has 1 N–H and O–H groups in total. The summed E-state index contributed by atoms with van der Waals surface area (Å²) in [5.74, 6) is 1.80. The van der Waals surface area contributed by atoms with Gasteiger partial charge in [0, 0.05) is 19.4 Å². The largest absolute Gasteiger partial charge is 0.383 e. The molecule has 0 radical (unpaired) electrons. The van der Waals surface area contributed by atoms with Crippen molar-refractivity contribution in [3.63, 3.8) is 0 Å². The average molecular weight is 293 g/mol. The lowest BCUT2D eigenvalue weighted by Crippen LogP contribution is -2.27. The molecular formula is C14H31NO3S. The molecule has 0 aliphatic carbocycles. The summed E-state index contributed by atoms with van der Waals surface area (Å²) < 4.78 is 27.9. The Balaban J connectivity index is 3.98. The third-order valence-electron chi connectivity index (χ3n) is 3.23. The monoisotopic (exact) mass is 293 g/mol. The molecule has 0 heterocycles. The van der Waals surface area contributed by atoms with E-state index < -0.39 is 9.84 Å². The highest BCUT2D eigenvalue weighted by Gasteiger charge is 2.13. The molecule has 1 unspecified atom stereocenters. The molecule has 0 aliphatic heterocycles. The Morgan fingerprint density at radius 2 is 1.95 bits per heavy atom. The molecule has 0 aromatic rings. The van der Waals surface area contributed by atoms with Crippen molar-refractivity contribution in [2.75, 3.05) is 38.3 Å². The standard InChI is InChI=1S/C14H31NO3S/c1-5-19(16,17)10-6-7-14(11-13(2)3)12-15-8-9-18-4/h13-15H,5-12H2,1-4H3. The molecule has 0 fully saturated rings. The second-order valence-corrected chi connectivity index (χ2v) is 8.04. The van der Waals surface area contributed by atoms with Crippen LogP contribution in [0.2, 0.25) is 0 Å². The molecule has 4 nitrogen and oxygen atoms in total. The number of methoxy groups -OCH3 is 1. The van der Waals surface area contributed by atoms with Crippen LogP contribution < -0.4 is 5.32 Å². The van der Waals surface area contributed by atoms with Gasteiger partial charge in [-0.25, -0.2) is 8.42 Å². The highest BCUT2D eigenvalue weighted by molar-refractivity contribution is 7.91. The van der Waals surface area contributed by atoms with Gasteiger partial charge in [0.2, 0.25) is 0 Å². The highest BCUT2D eigenvalue weighted by Crippen LogP contribution is 2.17. The Hall–Kier alpha value is -0.130. The van der Waals surface area contributed by atoms with Gasteiger partial charge in [0.25, 0.3) is 0 Å². The van der Waals surface area contributed by atoms with E-state index in [9.17, 15) is 8.42 Å². The molecule has 0 aromatic carbocycles. The van der Waals surface area contributed by atoms with Gasteiger partial charge in [-0.15, -0.1) is 0 Å². The molecule has 0 spiro atoms. The van der Waals surface area contributed by atoms with Crippen molar-refractivity contribution < 1.29 is 13.2 Å². The fourth-order valence-electron chi connectivity index (χ4n) is 2.19. The molecule has 19 heavy (non-hydrogen) atoms. The zero-order chi connectivity index (χ0) is 14.7. The van der Waals surface area contributed by atoms with Gasteiger partial charge < -0.3 is 10.1 Å². The van der Waals surface area contributed by atoms with Crippen LogP contribution in [-0.4, -0.2) is 46.7 Å².